The van der Waals surface area contributed by atoms with Crippen molar-refractivity contribution < 1.29 is 4.79 Å². The topological polar surface area (TPSA) is 32.3 Å². The van der Waals surface area contributed by atoms with Gasteiger partial charge >= 0.3 is 0 Å². The Hall–Kier alpha value is -1.30. The summed E-state index contributed by atoms with van der Waals surface area (Å²) in [5, 5.41) is 3.08. The molecular weight excluding hydrogens is 396 g/mol. The number of carbonyl (C=O) groups is 1. The Labute approximate surface area is 162 Å². The Morgan fingerprint density at radius 1 is 1.16 bits per heavy atom. The number of hydrogen-bond acceptors (Lipinski definition) is 3. The van der Waals surface area contributed by atoms with E-state index in [4.69, 9.17) is 0 Å². The van der Waals surface area contributed by atoms with Crippen LogP contribution in [0.25, 0.3) is 0 Å². The molecule has 1 heterocycles. The SMILES string of the molecule is Cc1c(CN2CCSCC2)cccc1NC(=O)Cc1ccc(Br)cc1. The molecule has 0 bridgehead atoms. The average molecular weight is 419 g/mol. The van der Waals surface area contributed by atoms with Gasteiger partial charge in [-0.1, -0.05) is 40.2 Å². The number of nitrogens with one attached hydrogen (secondary N) is 1. The van der Waals surface area contributed by atoms with Crippen molar-refractivity contribution in [2.45, 2.75) is 19.9 Å². The summed E-state index contributed by atoms with van der Waals surface area (Å²) in [4.78, 5) is 14.9. The van der Waals surface area contributed by atoms with Gasteiger partial charge in [0.2, 0.25) is 5.91 Å². The second-order valence-corrected chi connectivity index (χ2v) is 8.47. The maximum atomic E-state index is 12.4. The van der Waals surface area contributed by atoms with Crippen LogP contribution >= 0.6 is 27.7 Å². The summed E-state index contributed by atoms with van der Waals surface area (Å²) in [6, 6.07) is 14.1. The lowest BCUT2D eigenvalue weighted by Gasteiger charge is -2.27. The molecule has 1 fully saturated rings. The fraction of sp³-hybridized carbons (Fsp3) is 0.350. The molecule has 1 aliphatic heterocycles. The summed E-state index contributed by atoms with van der Waals surface area (Å²) in [5.41, 5.74) is 4.41. The molecule has 0 radical (unpaired) electrons. The van der Waals surface area contributed by atoms with Crippen LogP contribution in [0.2, 0.25) is 0 Å². The minimum absolute atomic E-state index is 0.0249. The predicted molar refractivity (Wildman–Crippen MR) is 110 cm³/mol. The monoisotopic (exact) mass is 418 g/mol. The Morgan fingerprint density at radius 2 is 1.88 bits per heavy atom. The van der Waals surface area contributed by atoms with Crippen LogP contribution in [0.1, 0.15) is 16.7 Å². The first-order valence-corrected chi connectivity index (χ1v) is 10.5. The molecule has 1 saturated heterocycles. The van der Waals surface area contributed by atoms with Crippen molar-refractivity contribution in [2.75, 3.05) is 29.9 Å². The molecular formula is C20H23BrN2OS. The van der Waals surface area contributed by atoms with Gasteiger partial charge in [0.25, 0.3) is 0 Å². The number of nitrogens with zero attached hydrogens (tertiary/aromatic N) is 1. The van der Waals surface area contributed by atoms with Crippen LogP contribution in [0.4, 0.5) is 5.69 Å². The lowest BCUT2D eigenvalue weighted by atomic mass is 10.1. The van der Waals surface area contributed by atoms with Crippen molar-refractivity contribution in [1.82, 2.24) is 4.90 Å². The number of anilines is 1. The van der Waals surface area contributed by atoms with E-state index >= 15 is 0 Å². The normalized spacial score (nSPS) is 15.1. The molecule has 132 valence electrons. The Kier molecular flexibility index (Phi) is 6.57. The molecule has 0 saturated carbocycles. The third-order valence-electron chi connectivity index (χ3n) is 4.50. The quantitative estimate of drug-likeness (QED) is 0.775. The Balaban J connectivity index is 1.64. The molecule has 0 aromatic heterocycles. The fourth-order valence-electron chi connectivity index (χ4n) is 2.97. The van der Waals surface area contributed by atoms with Crippen molar-refractivity contribution in [1.29, 1.82) is 0 Å². The standard InChI is InChI=1S/C20H23BrN2OS/c1-15-17(14-23-9-11-25-12-10-23)3-2-4-19(15)22-20(24)13-16-5-7-18(21)8-6-16/h2-8H,9-14H2,1H3,(H,22,24). The first-order chi connectivity index (χ1) is 12.1. The molecule has 25 heavy (non-hydrogen) atoms. The molecule has 1 aliphatic rings. The number of halogens is 1. The summed E-state index contributed by atoms with van der Waals surface area (Å²) in [6.07, 6.45) is 0.389. The van der Waals surface area contributed by atoms with Crippen molar-refractivity contribution in [2.24, 2.45) is 0 Å². The highest BCUT2D eigenvalue weighted by Crippen LogP contribution is 2.22. The minimum atomic E-state index is 0.0249. The van der Waals surface area contributed by atoms with Gasteiger partial charge in [0.1, 0.15) is 0 Å². The van der Waals surface area contributed by atoms with Gasteiger partial charge in [0.15, 0.2) is 0 Å². The van der Waals surface area contributed by atoms with Crippen LogP contribution in [0.3, 0.4) is 0 Å². The van der Waals surface area contributed by atoms with E-state index in [9.17, 15) is 4.79 Å². The van der Waals surface area contributed by atoms with Gasteiger partial charge in [0.05, 0.1) is 6.42 Å². The van der Waals surface area contributed by atoms with Gasteiger partial charge in [-0.3, -0.25) is 9.69 Å². The minimum Gasteiger partial charge on any atom is -0.326 e. The molecule has 3 nitrogen and oxygen atoms in total. The van der Waals surface area contributed by atoms with Crippen LogP contribution in [0.5, 0.6) is 0 Å². The number of hydrogen-bond donors (Lipinski definition) is 1. The van der Waals surface area contributed by atoms with E-state index in [1.54, 1.807) is 0 Å². The van der Waals surface area contributed by atoms with E-state index in [1.807, 2.05) is 48.2 Å². The van der Waals surface area contributed by atoms with Crippen molar-refractivity contribution in [3.63, 3.8) is 0 Å². The molecule has 3 rings (SSSR count). The largest absolute Gasteiger partial charge is 0.326 e. The highest BCUT2D eigenvalue weighted by atomic mass is 79.9. The van der Waals surface area contributed by atoms with Crippen LogP contribution in [0.15, 0.2) is 46.9 Å². The van der Waals surface area contributed by atoms with E-state index < -0.39 is 0 Å². The van der Waals surface area contributed by atoms with Crippen LogP contribution in [0, 0.1) is 6.92 Å². The first kappa shape index (κ1) is 18.5. The van der Waals surface area contributed by atoms with Crippen LogP contribution in [-0.4, -0.2) is 35.4 Å². The third kappa shape index (κ3) is 5.33. The van der Waals surface area contributed by atoms with Crippen LogP contribution in [-0.2, 0) is 17.8 Å². The van der Waals surface area contributed by atoms with E-state index in [0.29, 0.717) is 6.42 Å². The number of carbonyl (C=O) groups excluding carboxylic acids is 1. The lowest BCUT2D eigenvalue weighted by Crippen LogP contribution is -2.32. The second kappa shape index (κ2) is 8.88. The molecule has 5 heteroatoms. The lowest BCUT2D eigenvalue weighted by molar-refractivity contribution is -0.115. The van der Waals surface area contributed by atoms with E-state index in [-0.39, 0.29) is 5.91 Å². The van der Waals surface area contributed by atoms with Gasteiger partial charge in [-0.05, 0) is 41.8 Å². The zero-order valence-electron chi connectivity index (χ0n) is 14.4. The fourth-order valence-corrected chi connectivity index (χ4v) is 4.22. The van der Waals surface area contributed by atoms with E-state index in [1.165, 1.54) is 22.6 Å². The molecule has 2 aromatic rings. The first-order valence-electron chi connectivity index (χ1n) is 8.55. The zero-order valence-corrected chi connectivity index (χ0v) is 16.8. The number of rotatable bonds is 5. The second-order valence-electron chi connectivity index (χ2n) is 6.33. The number of thioether (sulfide) groups is 1. The summed E-state index contributed by atoms with van der Waals surface area (Å²) in [7, 11) is 0. The van der Waals surface area contributed by atoms with Crippen LogP contribution < -0.4 is 5.32 Å². The van der Waals surface area contributed by atoms with E-state index in [2.05, 4.69) is 39.1 Å². The van der Waals surface area contributed by atoms with Gasteiger partial charge in [-0.25, -0.2) is 0 Å². The predicted octanol–water partition coefficient (Wildman–Crippen LogP) is 4.49. The van der Waals surface area contributed by atoms with Gasteiger partial charge in [0, 0.05) is 41.3 Å². The highest BCUT2D eigenvalue weighted by Gasteiger charge is 2.14. The molecule has 0 spiro atoms. The van der Waals surface area contributed by atoms with Gasteiger partial charge in [-0.2, -0.15) is 11.8 Å². The van der Waals surface area contributed by atoms with Gasteiger partial charge < -0.3 is 5.32 Å². The van der Waals surface area contributed by atoms with Crippen molar-refractivity contribution in [3.8, 4) is 0 Å². The smallest absolute Gasteiger partial charge is 0.228 e. The van der Waals surface area contributed by atoms with Gasteiger partial charge in [-0.15, -0.1) is 0 Å². The average Bonchev–Trinajstić information content (AvgIpc) is 2.61. The maximum Gasteiger partial charge on any atom is 0.228 e. The summed E-state index contributed by atoms with van der Waals surface area (Å²) in [5.74, 6) is 2.45. The summed E-state index contributed by atoms with van der Waals surface area (Å²) in [6.45, 7) is 5.35. The summed E-state index contributed by atoms with van der Waals surface area (Å²) < 4.78 is 1.02. The Bertz CT molecular complexity index is 727. The van der Waals surface area contributed by atoms with Crippen molar-refractivity contribution >= 4 is 39.3 Å². The third-order valence-corrected chi connectivity index (χ3v) is 5.97. The molecule has 2 aromatic carbocycles. The van der Waals surface area contributed by atoms with E-state index in [0.717, 1.165) is 35.4 Å². The Morgan fingerprint density at radius 3 is 2.60 bits per heavy atom. The molecule has 0 atom stereocenters. The van der Waals surface area contributed by atoms with Crippen molar-refractivity contribution in [3.05, 3.63) is 63.6 Å². The molecule has 0 aliphatic carbocycles. The molecule has 0 unspecified atom stereocenters. The summed E-state index contributed by atoms with van der Waals surface area (Å²) >= 11 is 5.44. The highest BCUT2D eigenvalue weighted by molar-refractivity contribution is 9.10. The zero-order chi connectivity index (χ0) is 17.6. The number of amides is 1. The number of benzene rings is 2. The molecule has 1 N–H and O–H groups in total. The molecule has 1 amide bonds. The maximum absolute atomic E-state index is 12.4.